The van der Waals surface area contributed by atoms with Crippen molar-refractivity contribution < 1.29 is 14.6 Å². The second-order valence-electron chi connectivity index (χ2n) is 4.06. The Balaban J connectivity index is 2.10. The molecule has 0 bridgehead atoms. The topological polar surface area (TPSA) is 58.6 Å². The highest BCUT2D eigenvalue weighted by atomic mass is 35.5. The number of benzene rings is 1. The zero-order chi connectivity index (χ0) is 12.3. The molecule has 1 aliphatic heterocycles. The molecule has 17 heavy (non-hydrogen) atoms. The third-order valence-electron chi connectivity index (χ3n) is 2.73. The van der Waals surface area contributed by atoms with Gasteiger partial charge in [0.1, 0.15) is 0 Å². The number of carbonyl (C=O) groups is 1. The zero-order valence-corrected chi connectivity index (χ0v) is 10.0. The van der Waals surface area contributed by atoms with Crippen LogP contribution in [0.15, 0.2) is 18.2 Å². The SMILES string of the molecule is O=C(O)c1cc(NC2CCCOC2)ccc1Cl. The molecule has 2 rings (SSSR count). The normalized spacial score (nSPS) is 19.9. The molecule has 1 aromatic rings. The largest absolute Gasteiger partial charge is 0.478 e. The standard InChI is InChI=1S/C12H14ClNO3/c13-11-4-3-8(6-10(11)12(15)16)14-9-2-1-5-17-7-9/h3-4,6,9,14H,1-2,5,7H2,(H,15,16). The quantitative estimate of drug-likeness (QED) is 0.872. The van der Waals surface area contributed by atoms with E-state index in [9.17, 15) is 4.79 Å². The van der Waals surface area contributed by atoms with E-state index in [1.165, 1.54) is 0 Å². The summed E-state index contributed by atoms with van der Waals surface area (Å²) in [5.41, 5.74) is 0.885. The second-order valence-corrected chi connectivity index (χ2v) is 4.47. The Morgan fingerprint density at radius 1 is 1.53 bits per heavy atom. The third kappa shape index (κ3) is 3.11. The first-order chi connectivity index (χ1) is 8.16. The van der Waals surface area contributed by atoms with Crippen LogP contribution in [0.1, 0.15) is 23.2 Å². The number of hydrogen-bond acceptors (Lipinski definition) is 3. The fourth-order valence-corrected chi connectivity index (χ4v) is 2.07. The van der Waals surface area contributed by atoms with Crippen molar-refractivity contribution in [3.63, 3.8) is 0 Å². The average molecular weight is 256 g/mol. The number of anilines is 1. The Morgan fingerprint density at radius 2 is 2.35 bits per heavy atom. The molecule has 1 aliphatic rings. The number of nitrogens with one attached hydrogen (secondary N) is 1. The van der Waals surface area contributed by atoms with Gasteiger partial charge < -0.3 is 15.2 Å². The highest BCUT2D eigenvalue weighted by Crippen LogP contribution is 2.22. The summed E-state index contributed by atoms with van der Waals surface area (Å²) in [6.45, 7) is 1.46. The van der Waals surface area contributed by atoms with Crippen molar-refractivity contribution in [2.75, 3.05) is 18.5 Å². The average Bonchev–Trinajstić information content (AvgIpc) is 2.32. The predicted octanol–water partition coefficient (Wildman–Crippen LogP) is 2.63. The first kappa shape index (κ1) is 12.2. The van der Waals surface area contributed by atoms with Crippen molar-refractivity contribution in [3.8, 4) is 0 Å². The van der Waals surface area contributed by atoms with Crippen molar-refractivity contribution >= 4 is 23.3 Å². The van der Waals surface area contributed by atoms with Gasteiger partial charge in [-0.1, -0.05) is 11.6 Å². The van der Waals surface area contributed by atoms with E-state index in [1.807, 2.05) is 0 Å². The Bertz CT molecular complexity index is 416. The summed E-state index contributed by atoms with van der Waals surface area (Å²) in [7, 11) is 0. The molecule has 92 valence electrons. The zero-order valence-electron chi connectivity index (χ0n) is 9.28. The first-order valence-electron chi connectivity index (χ1n) is 5.54. The summed E-state index contributed by atoms with van der Waals surface area (Å²) in [5, 5.41) is 12.5. The molecule has 0 amide bonds. The highest BCUT2D eigenvalue weighted by molar-refractivity contribution is 6.33. The molecule has 5 heteroatoms. The molecular formula is C12H14ClNO3. The minimum Gasteiger partial charge on any atom is -0.478 e. The van der Waals surface area contributed by atoms with Crippen LogP contribution in [0.4, 0.5) is 5.69 Å². The molecule has 1 fully saturated rings. The maximum absolute atomic E-state index is 10.9. The Kier molecular flexibility index (Phi) is 3.86. The summed E-state index contributed by atoms with van der Waals surface area (Å²) in [5.74, 6) is -1.02. The van der Waals surface area contributed by atoms with Gasteiger partial charge in [0.15, 0.2) is 0 Å². The fraction of sp³-hybridized carbons (Fsp3) is 0.417. The number of hydrogen-bond donors (Lipinski definition) is 2. The molecule has 0 aromatic heterocycles. The molecule has 0 spiro atoms. The maximum Gasteiger partial charge on any atom is 0.337 e. The van der Waals surface area contributed by atoms with Gasteiger partial charge in [0.05, 0.1) is 17.2 Å². The van der Waals surface area contributed by atoms with Crippen LogP contribution in [0.3, 0.4) is 0 Å². The van der Waals surface area contributed by atoms with Crippen LogP contribution in [0.5, 0.6) is 0 Å². The number of carboxylic acids is 1. The molecule has 0 saturated carbocycles. The van der Waals surface area contributed by atoms with E-state index >= 15 is 0 Å². The molecule has 4 nitrogen and oxygen atoms in total. The lowest BCUT2D eigenvalue weighted by molar-refractivity contribution is 0.0697. The molecule has 0 radical (unpaired) electrons. The van der Waals surface area contributed by atoms with Gasteiger partial charge in [0.2, 0.25) is 0 Å². The van der Waals surface area contributed by atoms with Crippen LogP contribution in [0.2, 0.25) is 5.02 Å². The van der Waals surface area contributed by atoms with Gasteiger partial charge in [-0.15, -0.1) is 0 Å². The van der Waals surface area contributed by atoms with E-state index in [2.05, 4.69) is 5.32 Å². The van der Waals surface area contributed by atoms with E-state index in [1.54, 1.807) is 18.2 Å². The minimum atomic E-state index is -1.02. The van der Waals surface area contributed by atoms with E-state index in [-0.39, 0.29) is 16.6 Å². The third-order valence-corrected chi connectivity index (χ3v) is 3.06. The Morgan fingerprint density at radius 3 is 3.00 bits per heavy atom. The van der Waals surface area contributed by atoms with E-state index < -0.39 is 5.97 Å². The lowest BCUT2D eigenvalue weighted by Crippen LogP contribution is -2.30. The van der Waals surface area contributed by atoms with Gasteiger partial charge in [0, 0.05) is 18.3 Å². The van der Waals surface area contributed by atoms with Crippen LogP contribution in [-0.4, -0.2) is 30.3 Å². The summed E-state index contributed by atoms with van der Waals surface area (Å²) in [6.07, 6.45) is 2.06. The molecule has 1 saturated heterocycles. The van der Waals surface area contributed by atoms with Gasteiger partial charge in [0.25, 0.3) is 0 Å². The molecule has 2 N–H and O–H groups in total. The molecule has 1 atom stereocenters. The van der Waals surface area contributed by atoms with Crippen molar-refractivity contribution in [2.24, 2.45) is 0 Å². The molecule has 1 heterocycles. The van der Waals surface area contributed by atoms with Gasteiger partial charge in [-0.3, -0.25) is 0 Å². The minimum absolute atomic E-state index is 0.119. The summed E-state index contributed by atoms with van der Waals surface area (Å²) < 4.78 is 5.35. The van der Waals surface area contributed by atoms with Gasteiger partial charge in [-0.2, -0.15) is 0 Å². The summed E-state index contributed by atoms with van der Waals surface area (Å²) in [6, 6.07) is 5.17. The van der Waals surface area contributed by atoms with Crippen molar-refractivity contribution in [3.05, 3.63) is 28.8 Å². The number of carboxylic acid groups (broad SMARTS) is 1. The fourth-order valence-electron chi connectivity index (χ4n) is 1.87. The van der Waals surface area contributed by atoms with Gasteiger partial charge >= 0.3 is 5.97 Å². The molecule has 1 unspecified atom stereocenters. The molecule has 1 aromatic carbocycles. The van der Waals surface area contributed by atoms with Crippen LogP contribution in [0, 0.1) is 0 Å². The number of ether oxygens (including phenoxy) is 1. The summed E-state index contributed by atoms with van der Waals surface area (Å²) >= 11 is 5.80. The van der Waals surface area contributed by atoms with Gasteiger partial charge in [-0.25, -0.2) is 4.79 Å². The van der Waals surface area contributed by atoms with Crippen molar-refractivity contribution in [1.82, 2.24) is 0 Å². The number of rotatable bonds is 3. The Labute approximate surface area is 105 Å². The van der Waals surface area contributed by atoms with Crippen molar-refractivity contribution in [2.45, 2.75) is 18.9 Å². The molecule has 0 aliphatic carbocycles. The lowest BCUT2D eigenvalue weighted by atomic mass is 10.1. The molecular weight excluding hydrogens is 242 g/mol. The van der Waals surface area contributed by atoms with Crippen molar-refractivity contribution in [1.29, 1.82) is 0 Å². The van der Waals surface area contributed by atoms with E-state index in [0.29, 0.717) is 6.61 Å². The maximum atomic E-state index is 10.9. The van der Waals surface area contributed by atoms with Gasteiger partial charge in [-0.05, 0) is 31.0 Å². The summed E-state index contributed by atoms with van der Waals surface area (Å²) in [4.78, 5) is 10.9. The van der Waals surface area contributed by atoms with Crippen LogP contribution in [0.25, 0.3) is 0 Å². The highest BCUT2D eigenvalue weighted by Gasteiger charge is 2.15. The predicted molar refractivity (Wildman–Crippen MR) is 65.9 cm³/mol. The first-order valence-corrected chi connectivity index (χ1v) is 5.92. The number of halogens is 1. The smallest absolute Gasteiger partial charge is 0.337 e. The second kappa shape index (κ2) is 5.38. The monoisotopic (exact) mass is 255 g/mol. The van der Waals surface area contributed by atoms with Crippen LogP contribution in [-0.2, 0) is 4.74 Å². The number of aromatic carboxylic acids is 1. The lowest BCUT2D eigenvalue weighted by Gasteiger charge is -2.24. The Hall–Kier alpha value is -1.26. The van der Waals surface area contributed by atoms with E-state index in [0.717, 1.165) is 25.1 Å². The van der Waals surface area contributed by atoms with Crippen LogP contribution >= 0.6 is 11.6 Å². The van der Waals surface area contributed by atoms with E-state index in [4.69, 9.17) is 21.4 Å². The van der Waals surface area contributed by atoms with Crippen LogP contribution < -0.4 is 5.32 Å².